The summed E-state index contributed by atoms with van der Waals surface area (Å²) in [6.07, 6.45) is 1.50. The third-order valence-corrected chi connectivity index (χ3v) is 3.44. The van der Waals surface area contributed by atoms with Crippen LogP contribution in [0.1, 0.15) is 0 Å². The Labute approximate surface area is 130 Å². The van der Waals surface area contributed by atoms with Crippen molar-refractivity contribution in [2.24, 2.45) is 0 Å². The first kappa shape index (κ1) is 16.0. The molecule has 0 spiro atoms. The number of rotatable bonds is 6. The van der Waals surface area contributed by atoms with Gasteiger partial charge in [-0.3, -0.25) is 9.59 Å². The van der Waals surface area contributed by atoms with Gasteiger partial charge in [-0.25, -0.2) is 9.37 Å². The largest absolute Gasteiger partial charge is 0.468 e. The van der Waals surface area contributed by atoms with Crippen LogP contribution in [0.4, 0.5) is 4.39 Å². The van der Waals surface area contributed by atoms with Gasteiger partial charge in [0.15, 0.2) is 5.76 Å². The third kappa shape index (κ3) is 4.59. The van der Waals surface area contributed by atoms with Crippen LogP contribution >= 0.6 is 11.8 Å². The van der Waals surface area contributed by atoms with Crippen LogP contribution < -0.4 is 5.32 Å². The predicted molar refractivity (Wildman–Crippen MR) is 77.6 cm³/mol. The zero-order chi connectivity index (χ0) is 15.9. The van der Waals surface area contributed by atoms with Crippen molar-refractivity contribution in [2.45, 2.75) is 5.22 Å². The average Bonchev–Trinajstić information content (AvgIpc) is 3.00. The van der Waals surface area contributed by atoms with Gasteiger partial charge in [-0.15, -0.1) is 0 Å². The van der Waals surface area contributed by atoms with Crippen molar-refractivity contribution < 1.29 is 23.1 Å². The molecule has 0 aliphatic rings. The van der Waals surface area contributed by atoms with Gasteiger partial charge in [-0.2, -0.15) is 0 Å². The van der Waals surface area contributed by atoms with E-state index in [-0.39, 0.29) is 24.0 Å². The summed E-state index contributed by atoms with van der Waals surface area (Å²) in [5.41, 5.74) is 0.691. The molecule has 1 aromatic carbocycles. The highest BCUT2D eigenvalue weighted by atomic mass is 32.2. The number of halogens is 1. The maximum atomic E-state index is 12.8. The molecule has 1 aromatic heterocycles. The maximum absolute atomic E-state index is 12.8. The Morgan fingerprint density at radius 2 is 2.09 bits per heavy atom. The number of hydrogen-bond acceptors (Lipinski definition) is 6. The van der Waals surface area contributed by atoms with Crippen molar-refractivity contribution in [3.05, 3.63) is 36.3 Å². The number of benzene rings is 1. The van der Waals surface area contributed by atoms with Crippen LogP contribution in [0, 0.1) is 5.82 Å². The summed E-state index contributed by atoms with van der Waals surface area (Å²) in [5.74, 6) is -0.650. The topological polar surface area (TPSA) is 81.4 Å². The quantitative estimate of drug-likeness (QED) is 0.645. The molecule has 6 nitrogen and oxygen atoms in total. The van der Waals surface area contributed by atoms with Crippen molar-refractivity contribution >= 4 is 23.6 Å². The molecule has 0 bridgehead atoms. The normalized spacial score (nSPS) is 10.3. The number of carbonyl (C=O) groups is 2. The Balaban J connectivity index is 1.86. The van der Waals surface area contributed by atoms with E-state index in [2.05, 4.69) is 15.0 Å². The van der Waals surface area contributed by atoms with Crippen molar-refractivity contribution in [1.82, 2.24) is 10.3 Å². The van der Waals surface area contributed by atoms with Gasteiger partial charge in [0.05, 0.1) is 19.1 Å². The molecule has 22 heavy (non-hydrogen) atoms. The molecule has 0 atom stereocenters. The molecule has 0 fully saturated rings. The van der Waals surface area contributed by atoms with E-state index in [0.717, 1.165) is 11.8 Å². The molecule has 8 heteroatoms. The number of methoxy groups -OCH3 is 1. The molecule has 0 saturated heterocycles. The smallest absolute Gasteiger partial charge is 0.325 e. The summed E-state index contributed by atoms with van der Waals surface area (Å²) >= 11 is 1.09. The zero-order valence-corrected chi connectivity index (χ0v) is 12.5. The Morgan fingerprint density at radius 3 is 2.77 bits per heavy atom. The lowest BCUT2D eigenvalue weighted by Crippen LogP contribution is -2.31. The first-order chi connectivity index (χ1) is 10.6. The van der Waals surface area contributed by atoms with E-state index in [1.165, 1.54) is 25.4 Å². The highest BCUT2D eigenvalue weighted by Crippen LogP contribution is 2.25. The number of nitrogens with zero attached hydrogens (tertiary/aromatic N) is 1. The summed E-state index contributed by atoms with van der Waals surface area (Å²) < 4.78 is 22.7. The number of nitrogens with one attached hydrogen (secondary N) is 1. The molecule has 0 saturated carbocycles. The molecule has 116 valence electrons. The molecule has 0 aliphatic heterocycles. The lowest BCUT2D eigenvalue weighted by atomic mass is 10.2. The summed E-state index contributed by atoms with van der Waals surface area (Å²) in [6, 6.07) is 5.80. The SMILES string of the molecule is COC(=O)CNC(=O)CSc1ncc(-c2ccc(F)cc2)o1. The molecule has 1 N–H and O–H groups in total. The van der Waals surface area contributed by atoms with Crippen molar-refractivity contribution in [2.75, 3.05) is 19.4 Å². The van der Waals surface area contributed by atoms with Crippen molar-refractivity contribution in [1.29, 1.82) is 0 Å². The van der Waals surface area contributed by atoms with Crippen LogP contribution in [0.5, 0.6) is 0 Å². The first-order valence-electron chi connectivity index (χ1n) is 6.26. The zero-order valence-electron chi connectivity index (χ0n) is 11.7. The Morgan fingerprint density at radius 1 is 1.36 bits per heavy atom. The first-order valence-corrected chi connectivity index (χ1v) is 7.25. The molecule has 0 unspecified atom stereocenters. The Bertz CT molecular complexity index is 657. The van der Waals surface area contributed by atoms with Gasteiger partial charge in [-0.1, -0.05) is 11.8 Å². The molecule has 1 heterocycles. The number of carbonyl (C=O) groups excluding carboxylic acids is 2. The van der Waals surface area contributed by atoms with Crippen LogP contribution in [0.25, 0.3) is 11.3 Å². The molecule has 2 aromatic rings. The number of aromatic nitrogens is 1. The van der Waals surface area contributed by atoms with Gasteiger partial charge in [0.25, 0.3) is 5.22 Å². The highest BCUT2D eigenvalue weighted by molar-refractivity contribution is 7.99. The minimum absolute atomic E-state index is 0.0559. The summed E-state index contributed by atoms with van der Waals surface area (Å²) in [4.78, 5) is 26.4. The number of thioether (sulfide) groups is 1. The number of amides is 1. The number of esters is 1. The average molecular weight is 324 g/mol. The minimum atomic E-state index is -0.520. The van der Waals surface area contributed by atoms with E-state index >= 15 is 0 Å². The summed E-state index contributed by atoms with van der Waals surface area (Å²) in [6.45, 7) is -0.178. The molecule has 1 amide bonds. The van der Waals surface area contributed by atoms with Gasteiger partial charge in [0.2, 0.25) is 5.91 Å². The van der Waals surface area contributed by atoms with E-state index in [1.54, 1.807) is 12.1 Å². The van der Waals surface area contributed by atoms with Crippen LogP contribution in [0.3, 0.4) is 0 Å². The van der Waals surface area contributed by atoms with Crippen molar-refractivity contribution in [3.63, 3.8) is 0 Å². The third-order valence-electron chi connectivity index (χ3n) is 2.60. The lowest BCUT2D eigenvalue weighted by Gasteiger charge is -2.02. The molecular weight excluding hydrogens is 311 g/mol. The van der Waals surface area contributed by atoms with E-state index in [1.807, 2.05) is 0 Å². The van der Waals surface area contributed by atoms with Crippen LogP contribution in [-0.2, 0) is 14.3 Å². The molecule has 0 aliphatic carbocycles. The van der Waals surface area contributed by atoms with Crippen LogP contribution in [-0.4, -0.2) is 36.3 Å². The predicted octanol–water partition coefficient (Wildman–Crippen LogP) is 1.86. The van der Waals surface area contributed by atoms with E-state index in [4.69, 9.17) is 4.42 Å². The fraction of sp³-hybridized carbons (Fsp3) is 0.214. The highest BCUT2D eigenvalue weighted by Gasteiger charge is 2.10. The fourth-order valence-corrected chi connectivity index (χ4v) is 2.13. The standard InChI is InChI=1S/C14H13FN2O4S/c1-20-13(19)7-16-12(18)8-22-14-17-6-11(21-14)9-2-4-10(15)5-3-9/h2-6H,7-8H2,1H3,(H,16,18). The second-order valence-corrected chi connectivity index (χ2v) is 5.07. The second-order valence-electron chi connectivity index (χ2n) is 4.14. The second kappa shape index (κ2) is 7.60. The minimum Gasteiger partial charge on any atom is -0.468 e. The summed E-state index contributed by atoms with van der Waals surface area (Å²) in [7, 11) is 1.24. The van der Waals surface area contributed by atoms with E-state index in [9.17, 15) is 14.0 Å². The maximum Gasteiger partial charge on any atom is 0.325 e. The van der Waals surface area contributed by atoms with Gasteiger partial charge < -0.3 is 14.5 Å². The van der Waals surface area contributed by atoms with E-state index in [0.29, 0.717) is 16.5 Å². The fourth-order valence-electron chi connectivity index (χ4n) is 1.49. The summed E-state index contributed by atoms with van der Waals surface area (Å²) in [5, 5.41) is 2.72. The van der Waals surface area contributed by atoms with Crippen LogP contribution in [0.15, 0.2) is 40.1 Å². The van der Waals surface area contributed by atoms with Gasteiger partial charge in [0.1, 0.15) is 12.4 Å². The van der Waals surface area contributed by atoms with E-state index < -0.39 is 5.97 Å². The molecular formula is C14H13FN2O4S. The molecule has 2 rings (SSSR count). The monoisotopic (exact) mass is 324 g/mol. The number of oxazole rings is 1. The lowest BCUT2D eigenvalue weighted by molar-refractivity contribution is -0.140. The number of ether oxygens (including phenoxy) is 1. The molecule has 0 radical (unpaired) electrons. The Hall–Kier alpha value is -2.35. The number of hydrogen-bond donors (Lipinski definition) is 1. The Kier molecular flexibility index (Phi) is 5.54. The van der Waals surface area contributed by atoms with Gasteiger partial charge >= 0.3 is 5.97 Å². The van der Waals surface area contributed by atoms with Gasteiger partial charge in [0, 0.05) is 5.56 Å². The van der Waals surface area contributed by atoms with Gasteiger partial charge in [-0.05, 0) is 24.3 Å². The van der Waals surface area contributed by atoms with Crippen LogP contribution in [0.2, 0.25) is 0 Å². The van der Waals surface area contributed by atoms with Crippen molar-refractivity contribution in [3.8, 4) is 11.3 Å².